The molecule has 1 fully saturated rings. The quantitative estimate of drug-likeness (QED) is 0.322. The molecule has 2 heterocycles. The van der Waals surface area contributed by atoms with Crippen molar-refractivity contribution in [2.24, 2.45) is 10.9 Å². The van der Waals surface area contributed by atoms with E-state index in [0.29, 0.717) is 19.1 Å². The molecule has 0 amide bonds. The Kier molecular flexibility index (Phi) is 10.2. The number of benzene rings is 1. The molecule has 5 nitrogen and oxygen atoms in total. The van der Waals surface area contributed by atoms with Crippen LogP contribution in [0.2, 0.25) is 0 Å². The van der Waals surface area contributed by atoms with Crippen molar-refractivity contribution in [1.82, 2.24) is 10.2 Å². The van der Waals surface area contributed by atoms with Crippen molar-refractivity contribution >= 4 is 47.0 Å². The van der Waals surface area contributed by atoms with Crippen LogP contribution in [0, 0.1) is 5.92 Å². The fourth-order valence-corrected chi connectivity index (χ4v) is 4.21. The second kappa shape index (κ2) is 12.4. The number of halogens is 1. The highest BCUT2D eigenvalue weighted by molar-refractivity contribution is 14.0. The standard InChI is InChI=1S/C22H32N4OS.HI/c1-3-23-22(25(2)15-20-10-13-28-17-20)24-14-18-4-6-21(7-5-18)26-11-8-19(16-27)9-12-26;/h4-7,10,13,17,19,27H,3,8-9,11-12,14-16H2,1-2H3,(H,23,24);1H. The van der Waals surface area contributed by atoms with Gasteiger partial charge < -0.3 is 20.2 Å². The van der Waals surface area contributed by atoms with E-state index in [2.05, 4.69) is 70.2 Å². The van der Waals surface area contributed by atoms with Crippen LogP contribution in [0.4, 0.5) is 5.69 Å². The highest BCUT2D eigenvalue weighted by atomic mass is 127. The van der Waals surface area contributed by atoms with Crippen molar-refractivity contribution in [3.05, 3.63) is 52.2 Å². The van der Waals surface area contributed by atoms with Crippen LogP contribution in [0.25, 0.3) is 0 Å². The smallest absolute Gasteiger partial charge is 0.194 e. The lowest BCUT2D eigenvalue weighted by Crippen LogP contribution is -2.38. The molecule has 0 aliphatic carbocycles. The Balaban J connectivity index is 0.00000300. The van der Waals surface area contributed by atoms with E-state index in [1.165, 1.54) is 16.8 Å². The molecule has 3 rings (SSSR count). The lowest BCUT2D eigenvalue weighted by molar-refractivity contribution is 0.203. The molecule has 160 valence electrons. The van der Waals surface area contributed by atoms with Gasteiger partial charge in [-0.05, 0) is 65.8 Å². The van der Waals surface area contributed by atoms with Crippen LogP contribution < -0.4 is 10.2 Å². The van der Waals surface area contributed by atoms with Crippen LogP contribution in [0.3, 0.4) is 0 Å². The Morgan fingerprint density at radius 1 is 1.21 bits per heavy atom. The number of rotatable bonds is 7. The molecule has 1 aromatic carbocycles. The number of aliphatic hydroxyl groups excluding tert-OH is 1. The van der Waals surface area contributed by atoms with E-state index in [4.69, 9.17) is 4.99 Å². The number of hydrogen-bond donors (Lipinski definition) is 2. The van der Waals surface area contributed by atoms with Crippen molar-refractivity contribution in [2.75, 3.05) is 38.2 Å². The Bertz CT molecular complexity index is 728. The van der Waals surface area contributed by atoms with Gasteiger partial charge in [0.25, 0.3) is 0 Å². The normalized spacial score (nSPS) is 15.1. The summed E-state index contributed by atoms with van der Waals surface area (Å²) in [5, 5.41) is 17.0. The van der Waals surface area contributed by atoms with Gasteiger partial charge in [0.05, 0.1) is 6.54 Å². The van der Waals surface area contributed by atoms with E-state index >= 15 is 0 Å². The molecule has 1 aromatic heterocycles. The molecule has 2 N–H and O–H groups in total. The molecule has 7 heteroatoms. The minimum Gasteiger partial charge on any atom is -0.396 e. The first-order valence-corrected chi connectivity index (χ1v) is 11.1. The van der Waals surface area contributed by atoms with Crippen LogP contribution in [0.1, 0.15) is 30.9 Å². The summed E-state index contributed by atoms with van der Waals surface area (Å²) in [4.78, 5) is 9.41. The molecule has 0 bridgehead atoms. The number of nitrogens with zero attached hydrogens (tertiary/aromatic N) is 3. The van der Waals surface area contributed by atoms with Crippen molar-refractivity contribution in [3.8, 4) is 0 Å². The number of aliphatic imine (C=N–C) groups is 1. The van der Waals surface area contributed by atoms with E-state index < -0.39 is 0 Å². The molecule has 2 aromatic rings. The molecule has 0 saturated carbocycles. The van der Waals surface area contributed by atoms with Gasteiger partial charge in [0.2, 0.25) is 0 Å². The van der Waals surface area contributed by atoms with Crippen molar-refractivity contribution in [2.45, 2.75) is 32.9 Å². The van der Waals surface area contributed by atoms with E-state index in [-0.39, 0.29) is 24.0 Å². The summed E-state index contributed by atoms with van der Waals surface area (Å²) >= 11 is 1.73. The topological polar surface area (TPSA) is 51.1 Å². The molecule has 29 heavy (non-hydrogen) atoms. The van der Waals surface area contributed by atoms with E-state index in [0.717, 1.165) is 45.0 Å². The average molecular weight is 529 g/mol. The van der Waals surface area contributed by atoms with Gasteiger partial charge >= 0.3 is 0 Å². The first-order valence-electron chi connectivity index (χ1n) is 10.1. The van der Waals surface area contributed by atoms with Crippen molar-refractivity contribution in [1.29, 1.82) is 0 Å². The SMILES string of the molecule is CCNC(=NCc1ccc(N2CCC(CO)CC2)cc1)N(C)Cc1ccsc1.I. The zero-order valence-corrected chi connectivity index (χ0v) is 20.5. The van der Waals surface area contributed by atoms with Crippen LogP contribution >= 0.6 is 35.3 Å². The Morgan fingerprint density at radius 3 is 2.52 bits per heavy atom. The molecule has 0 unspecified atom stereocenters. The lowest BCUT2D eigenvalue weighted by Gasteiger charge is -2.32. The predicted molar refractivity (Wildman–Crippen MR) is 134 cm³/mol. The number of thiophene rings is 1. The maximum Gasteiger partial charge on any atom is 0.194 e. The maximum atomic E-state index is 9.30. The van der Waals surface area contributed by atoms with E-state index in [1.54, 1.807) is 11.3 Å². The fourth-order valence-electron chi connectivity index (χ4n) is 3.55. The number of anilines is 1. The molecule has 0 atom stereocenters. The molecule has 0 spiro atoms. The zero-order chi connectivity index (χ0) is 19.8. The summed E-state index contributed by atoms with van der Waals surface area (Å²) in [5.74, 6) is 1.41. The summed E-state index contributed by atoms with van der Waals surface area (Å²) in [6.45, 7) is 6.86. The summed E-state index contributed by atoms with van der Waals surface area (Å²) in [7, 11) is 2.08. The predicted octanol–water partition coefficient (Wildman–Crippen LogP) is 4.17. The van der Waals surface area contributed by atoms with Gasteiger partial charge in [0.1, 0.15) is 0 Å². The van der Waals surface area contributed by atoms with Crippen molar-refractivity contribution in [3.63, 3.8) is 0 Å². The monoisotopic (exact) mass is 528 g/mol. The largest absolute Gasteiger partial charge is 0.396 e. The van der Waals surface area contributed by atoms with Gasteiger partial charge in [0, 0.05) is 45.5 Å². The fraction of sp³-hybridized carbons (Fsp3) is 0.500. The molecule has 1 aliphatic heterocycles. The first kappa shape index (κ1) is 24.0. The van der Waals surface area contributed by atoms with Crippen LogP contribution in [0.5, 0.6) is 0 Å². The van der Waals surface area contributed by atoms with Crippen LogP contribution in [-0.4, -0.2) is 49.3 Å². The number of hydrogen-bond acceptors (Lipinski definition) is 4. The van der Waals surface area contributed by atoms with Crippen LogP contribution in [0.15, 0.2) is 46.1 Å². The second-order valence-corrected chi connectivity index (χ2v) is 8.22. The lowest BCUT2D eigenvalue weighted by atomic mass is 9.97. The third kappa shape index (κ3) is 7.15. The third-order valence-corrected chi connectivity index (χ3v) is 6.01. The average Bonchev–Trinajstić information content (AvgIpc) is 3.24. The van der Waals surface area contributed by atoms with Gasteiger partial charge in [-0.1, -0.05) is 12.1 Å². The summed E-state index contributed by atoms with van der Waals surface area (Å²) in [6.07, 6.45) is 2.15. The molecule has 1 saturated heterocycles. The van der Waals surface area contributed by atoms with Gasteiger partial charge in [0.15, 0.2) is 5.96 Å². The summed E-state index contributed by atoms with van der Waals surface area (Å²) < 4.78 is 0. The van der Waals surface area contributed by atoms with Gasteiger partial charge in [-0.2, -0.15) is 11.3 Å². The van der Waals surface area contributed by atoms with Gasteiger partial charge in [-0.3, -0.25) is 0 Å². The molecular formula is C22H33IN4OS. The highest BCUT2D eigenvalue weighted by Gasteiger charge is 2.18. The van der Waals surface area contributed by atoms with Gasteiger partial charge in [-0.25, -0.2) is 4.99 Å². The Morgan fingerprint density at radius 2 is 1.93 bits per heavy atom. The van der Waals surface area contributed by atoms with E-state index in [9.17, 15) is 5.11 Å². The second-order valence-electron chi connectivity index (χ2n) is 7.44. The van der Waals surface area contributed by atoms with Crippen molar-refractivity contribution < 1.29 is 5.11 Å². The molecule has 1 aliphatic rings. The molecule has 0 radical (unpaired) electrons. The number of piperidine rings is 1. The number of nitrogens with one attached hydrogen (secondary N) is 1. The number of guanidine groups is 1. The maximum absolute atomic E-state index is 9.30. The van der Waals surface area contributed by atoms with Crippen LogP contribution in [-0.2, 0) is 13.1 Å². The third-order valence-electron chi connectivity index (χ3n) is 5.28. The minimum absolute atomic E-state index is 0. The molecular weight excluding hydrogens is 495 g/mol. The van der Waals surface area contributed by atoms with Gasteiger partial charge in [-0.15, -0.1) is 24.0 Å². The van der Waals surface area contributed by atoms with E-state index in [1.807, 2.05) is 0 Å². The summed E-state index contributed by atoms with van der Waals surface area (Å²) in [6, 6.07) is 10.9. The first-order chi connectivity index (χ1) is 13.7. The Labute approximate surface area is 195 Å². The summed E-state index contributed by atoms with van der Waals surface area (Å²) in [5.41, 5.74) is 3.80. The minimum atomic E-state index is 0. The Hall–Kier alpha value is -1.32. The zero-order valence-electron chi connectivity index (χ0n) is 17.4. The highest BCUT2D eigenvalue weighted by Crippen LogP contribution is 2.23. The number of aliphatic hydroxyl groups is 1.